The normalized spacial score (nSPS) is 15.1. The number of hydrogen-bond donors (Lipinski definition) is 3. The molecule has 1 amide bonds. The number of benzene rings is 1. The topological polar surface area (TPSA) is 101 Å². The van der Waals surface area contributed by atoms with E-state index in [0.717, 1.165) is 22.6 Å². The molecule has 0 unspecified atom stereocenters. The number of imidazole rings is 1. The van der Waals surface area contributed by atoms with Crippen molar-refractivity contribution in [1.82, 2.24) is 40.5 Å². The predicted molar refractivity (Wildman–Crippen MR) is 138 cm³/mol. The number of aromatic nitrogens is 4. The van der Waals surface area contributed by atoms with Gasteiger partial charge in [-0.2, -0.15) is 5.10 Å². The molecule has 6 rings (SSSR count). The van der Waals surface area contributed by atoms with E-state index in [-0.39, 0.29) is 23.8 Å². The van der Waals surface area contributed by atoms with Crippen molar-refractivity contribution in [2.45, 2.75) is 45.7 Å². The Labute approximate surface area is 219 Å². The van der Waals surface area contributed by atoms with Gasteiger partial charge in [-0.25, -0.2) is 14.1 Å². The quantitative estimate of drug-likeness (QED) is 0.331. The molecule has 1 aliphatic carbocycles. The summed E-state index contributed by atoms with van der Waals surface area (Å²) in [7, 11) is 1.41. The lowest BCUT2D eigenvalue weighted by Crippen LogP contribution is -2.38. The third kappa shape index (κ3) is 4.56. The number of rotatable bonds is 8. The summed E-state index contributed by atoms with van der Waals surface area (Å²) in [6.45, 7) is 4.23. The molecule has 2 aliphatic rings. The van der Waals surface area contributed by atoms with Crippen LogP contribution in [0.1, 0.15) is 46.8 Å². The summed E-state index contributed by atoms with van der Waals surface area (Å²) >= 11 is 0. The number of carbonyl (C=O) groups excluding carboxylic acids is 1. The number of hydrogen-bond acceptors (Lipinski definition) is 7. The Kier molecular flexibility index (Phi) is 5.99. The SMILES string of the molecule is COc1ccc(-n2cc(C)c(C)n2)c(CNC(=O)C2=CN(Cc3cn4cc(C5CC5)ccc4n3)NN2)c1F. The standard InChI is InChI=1S/C27H29FN8O2/c1-16-11-36(32-17(16)2)23-7-8-24(38-3)26(28)21(23)10-29-27(37)22-15-35(33-31-22)14-20-13-34-12-19(18-4-5-18)6-9-25(34)30-20/h6-9,11-13,15,18,31,33H,4-5,10,14H2,1-3H3,(H,29,37). The molecule has 4 aromatic rings. The molecule has 1 aliphatic heterocycles. The molecule has 0 spiro atoms. The van der Waals surface area contributed by atoms with Crippen LogP contribution in [-0.4, -0.2) is 37.2 Å². The highest BCUT2D eigenvalue weighted by atomic mass is 19.1. The average molecular weight is 517 g/mol. The number of carbonyl (C=O) groups is 1. The Morgan fingerprint density at radius 2 is 2.03 bits per heavy atom. The first kappa shape index (κ1) is 24.0. The Bertz CT molecular complexity index is 1550. The van der Waals surface area contributed by atoms with Crippen LogP contribution < -0.4 is 21.0 Å². The molecule has 1 aromatic carbocycles. The van der Waals surface area contributed by atoms with Crippen molar-refractivity contribution in [1.29, 1.82) is 0 Å². The molecule has 0 atom stereocenters. The van der Waals surface area contributed by atoms with E-state index >= 15 is 4.39 Å². The maximum absolute atomic E-state index is 15.2. The van der Waals surface area contributed by atoms with Gasteiger partial charge in [-0.1, -0.05) is 6.07 Å². The second-order valence-corrected chi connectivity index (χ2v) is 9.75. The molecular formula is C27H29FN8O2. The number of fused-ring (bicyclic) bond motifs is 1. The van der Waals surface area contributed by atoms with Gasteiger partial charge in [-0.3, -0.25) is 15.2 Å². The number of halogens is 1. The highest BCUT2D eigenvalue weighted by molar-refractivity contribution is 5.92. The summed E-state index contributed by atoms with van der Waals surface area (Å²) < 4.78 is 24.1. The highest BCUT2D eigenvalue weighted by Gasteiger charge is 2.24. The first-order chi connectivity index (χ1) is 18.4. The van der Waals surface area contributed by atoms with Gasteiger partial charge in [0.1, 0.15) is 11.3 Å². The molecule has 11 heteroatoms. The lowest BCUT2D eigenvalue weighted by Gasteiger charge is -2.14. The van der Waals surface area contributed by atoms with Crippen molar-refractivity contribution in [2.75, 3.05) is 7.11 Å². The Hall–Kier alpha value is -4.38. The van der Waals surface area contributed by atoms with E-state index in [9.17, 15) is 4.79 Å². The summed E-state index contributed by atoms with van der Waals surface area (Å²) in [5.74, 6) is -0.152. The Morgan fingerprint density at radius 1 is 1.18 bits per heavy atom. The van der Waals surface area contributed by atoms with Gasteiger partial charge in [0, 0.05) is 36.9 Å². The van der Waals surface area contributed by atoms with Gasteiger partial charge in [-0.05, 0) is 61.9 Å². The summed E-state index contributed by atoms with van der Waals surface area (Å²) in [4.78, 5) is 17.6. The van der Waals surface area contributed by atoms with E-state index in [4.69, 9.17) is 4.74 Å². The molecule has 0 bridgehead atoms. The zero-order valence-corrected chi connectivity index (χ0v) is 21.5. The lowest BCUT2D eigenvalue weighted by atomic mass is 10.1. The molecule has 196 valence electrons. The number of methoxy groups -OCH3 is 1. The molecule has 38 heavy (non-hydrogen) atoms. The monoisotopic (exact) mass is 516 g/mol. The van der Waals surface area contributed by atoms with Crippen LogP contribution in [-0.2, 0) is 17.9 Å². The van der Waals surface area contributed by atoms with E-state index in [2.05, 4.69) is 38.6 Å². The average Bonchev–Trinajstić information content (AvgIpc) is 3.37. The smallest absolute Gasteiger partial charge is 0.270 e. The number of nitrogens with zero attached hydrogens (tertiary/aromatic N) is 5. The predicted octanol–water partition coefficient (Wildman–Crippen LogP) is 3.14. The van der Waals surface area contributed by atoms with Crippen molar-refractivity contribution < 1.29 is 13.9 Å². The van der Waals surface area contributed by atoms with E-state index in [1.165, 1.54) is 25.5 Å². The highest BCUT2D eigenvalue weighted by Crippen LogP contribution is 2.39. The zero-order chi connectivity index (χ0) is 26.4. The number of aryl methyl sites for hydroxylation is 2. The Morgan fingerprint density at radius 3 is 2.76 bits per heavy atom. The van der Waals surface area contributed by atoms with E-state index in [0.29, 0.717) is 23.8 Å². The fourth-order valence-electron chi connectivity index (χ4n) is 4.59. The summed E-state index contributed by atoms with van der Waals surface area (Å²) in [5.41, 5.74) is 11.9. The van der Waals surface area contributed by atoms with Crippen molar-refractivity contribution in [3.63, 3.8) is 0 Å². The van der Waals surface area contributed by atoms with Crippen molar-refractivity contribution in [3.05, 3.63) is 88.6 Å². The van der Waals surface area contributed by atoms with Gasteiger partial charge in [-0.15, -0.1) is 5.53 Å². The van der Waals surface area contributed by atoms with E-state index in [1.54, 1.807) is 28.0 Å². The third-order valence-corrected chi connectivity index (χ3v) is 6.99. The van der Waals surface area contributed by atoms with Crippen LogP contribution in [0.15, 0.2) is 54.8 Å². The number of hydrazine groups is 2. The van der Waals surface area contributed by atoms with Gasteiger partial charge in [0.25, 0.3) is 5.91 Å². The van der Waals surface area contributed by atoms with Crippen LogP contribution >= 0.6 is 0 Å². The molecule has 3 aromatic heterocycles. The summed E-state index contributed by atoms with van der Waals surface area (Å²) in [5, 5.41) is 9.01. The largest absolute Gasteiger partial charge is 0.494 e. The minimum atomic E-state index is -0.541. The fourth-order valence-corrected chi connectivity index (χ4v) is 4.59. The first-order valence-electron chi connectivity index (χ1n) is 12.5. The van der Waals surface area contributed by atoms with Crippen LogP contribution in [0.5, 0.6) is 5.75 Å². The molecule has 10 nitrogen and oxygen atoms in total. The van der Waals surface area contributed by atoms with Crippen LogP contribution in [0.2, 0.25) is 0 Å². The number of nitrogens with one attached hydrogen (secondary N) is 3. The number of pyridine rings is 1. The van der Waals surface area contributed by atoms with Crippen LogP contribution in [0.3, 0.4) is 0 Å². The van der Waals surface area contributed by atoms with E-state index < -0.39 is 5.82 Å². The van der Waals surface area contributed by atoms with Gasteiger partial charge in [0.05, 0.1) is 30.7 Å². The lowest BCUT2D eigenvalue weighted by molar-refractivity contribution is -0.118. The van der Waals surface area contributed by atoms with E-state index in [1.807, 2.05) is 36.7 Å². The molecule has 1 fully saturated rings. The third-order valence-electron chi connectivity index (χ3n) is 6.99. The van der Waals surface area contributed by atoms with Gasteiger partial charge in [0.2, 0.25) is 0 Å². The van der Waals surface area contributed by atoms with Gasteiger partial charge < -0.3 is 14.5 Å². The maximum Gasteiger partial charge on any atom is 0.270 e. The zero-order valence-electron chi connectivity index (χ0n) is 21.5. The fraction of sp³-hybridized carbons (Fsp3) is 0.296. The molecule has 4 heterocycles. The van der Waals surface area contributed by atoms with Crippen molar-refractivity contribution in [2.24, 2.45) is 0 Å². The maximum atomic E-state index is 15.2. The first-order valence-corrected chi connectivity index (χ1v) is 12.5. The van der Waals surface area contributed by atoms with Crippen LogP contribution in [0.4, 0.5) is 4.39 Å². The minimum absolute atomic E-state index is 0.0516. The Balaban J connectivity index is 1.15. The van der Waals surface area contributed by atoms with Gasteiger partial charge in [0.15, 0.2) is 11.6 Å². The molecule has 0 saturated heterocycles. The number of ether oxygens (including phenoxy) is 1. The molecule has 1 saturated carbocycles. The van der Waals surface area contributed by atoms with Crippen LogP contribution in [0.25, 0.3) is 11.3 Å². The van der Waals surface area contributed by atoms with Crippen molar-refractivity contribution in [3.8, 4) is 11.4 Å². The molecule has 3 N–H and O–H groups in total. The van der Waals surface area contributed by atoms with Crippen LogP contribution in [0, 0.1) is 19.7 Å². The minimum Gasteiger partial charge on any atom is -0.494 e. The molecular weight excluding hydrogens is 487 g/mol. The number of amides is 1. The van der Waals surface area contributed by atoms with Crippen molar-refractivity contribution >= 4 is 11.6 Å². The molecule has 0 radical (unpaired) electrons. The second kappa shape index (κ2) is 9.49. The summed E-state index contributed by atoms with van der Waals surface area (Å²) in [6.07, 6.45) is 10.1. The second-order valence-electron chi connectivity index (χ2n) is 9.75. The van der Waals surface area contributed by atoms with Gasteiger partial charge >= 0.3 is 0 Å². The summed E-state index contributed by atoms with van der Waals surface area (Å²) in [6, 6.07) is 7.47.